The molecule has 5 rings (SSSR count). The lowest BCUT2D eigenvalue weighted by atomic mass is 9.83. The predicted molar refractivity (Wildman–Crippen MR) is 107 cm³/mol. The number of nitrogens with zero attached hydrogens (tertiary/aromatic N) is 4. The van der Waals surface area contributed by atoms with E-state index in [1.807, 2.05) is 73.6 Å². The molecule has 2 heterocycles. The lowest BCUT2D eigenvalue weighted by Crippen LogP contribution is -2.20. The normalized spacial score (nSPS) is 15.4. The molecule has 1 aliphatic carbocycles. The van der Waals surface area contributed by atoms with E-state index in [1.54, 1.807) is 6.20 Å². The Kier molecular flexibility index (Phi) is 3.31. The molecular weight excluding hydrogens is 336 g/mol. The number of benzene rings is 2. The van der Waals surface area contributed by atoms with Crippen molar-refractivity contribution in [3.8, 4) is 0 Å². The van der Waals surface area contributed by atoms with E-state index < -0.39 is 0 Å². The molecule has 2 aromatic carbocycles. The molecule has 0 saturated heterocycles. The minimum absolute atomic E-state index is 0.0403. The molecule has 0 unspecified atom stereocenters. The second-order valence-corrected chi connectivity index (χ2v) is 6.75. The number of carbonyl (C=O) groups excluding carboxylic acids is 1. The number of aliphatic imine (C=N–C) groups is 2. The van der Waals surface area contributed by atoms with Gasteiger partial charge in [-0.05, 0) is 6.07 Å². The molecule has 27 heavy (non-hydrogen) atoms. The zero-order valence-electron chi connectivity index (χ0n) is 15.0. The lowest BCUT2D eigenvalue weighted by Gasteiger charge is -2.19. The number of rotatable bonds is 1. The average Bonchev–Trinajstić information content (AvgIpc) is 3.14. The maximum absolute atomic E-state index is 13.5. The highest BCUT2D eigenvalue weighted by Gasteiger charge is 2.35. The number of hydrogen-bond acceptors (Lipinski definition) is 5. The van der Waals surface area contributed by atoms with Crippen LogP contribution in [0, 0.1) is 0 Å². The summed E-state index contributed by atoms with van der Waals surface area (Å²) in [7, 11) is 3.79. The Bertz CT molecular complexity index is 1210. The summed E-state index contributed by atoms with van der Waals surface area (Å²) in [6, 6.07) is 17.3. The zero-order chi connectivity index (χ0) is 18.5. The van der Waals surface area contributed by atoms with Crippen LogP contribution >= 0.6 is 0 Å². The molecule has 0 spiro atoms. The summed E-state index contributed by atoms with van der Waals surface area (Å²) in [5.41, 5.74) is 5.00. The first-order valence-electron chi connectivity index (χ1n) is 8.73. The molecular formula is C22H16N4O. The van der Waals surface area contributed by atoms with Gasteiger partial charge >= 0.3 is 0 Å². The van der Waals surface area contributed by atoms with E-state index in [9.17, 15) is 4.79 Å². The Balaban J connectivity index is 1.87. The molecule has 0 saturated carbocycles. The second kappa shape index (κ2) is 5.71. The molecule has 0 radical (unpaired) electrons. The summed E-state index contributed by atoms with van der Waals surface area (Å²) in [5, 5.41) is 0.989. The number of fused-ring (bicyclic) bond motifs is 4. The molecule has 0 atom stereocenters. The maximum Gasteiger partial charge on any atom is 0.226 e. The van der Waals surface area contributed by atoms with Gasteiger partial charge < -0.3 is 4.90 Å². The van der Waals surface area contributed by atoms with Crippen molar-refractivity contribution in [3.63, 3.8) is 0 Å². The first-order chi connectivity index (χ1) is 13.1. The van der Waals surface area contributed by atoms with Crippen LogP contribution in [-0.2, 0) is 0 Å². The fraction of sp³-hybridized carbons (Fsp3) is 0.0909. The van der Waals surface area contributed by atoms with Crippen molar-refractivity contribution in [3.05, 3.63) is 83.2 Å². The summed E-state index contributed by atoms with van der Waals surface area (Å²) in [4.78, 5) is 29.2. The van der Waals surface area contributed by atoms with Gasteiger partial charge in [-0.25, -0.2) is 9.98 Å². The standard InChI is InChI=1S/C22H16N4O/c1-26(2)22-24-19-14-9-3-4-10-15(14)21(27)17(20(19)25-22)16-11-5-7-13-8-6-12-23-18(13)16/h3-12H,1-2H3. The molecule has 130 valence electrons. The number of carbonyl (C=O) groups is 1. The van der Waals surface area contributed by atoms with Gasteiger partial charge in [-0.1, -0.05) is 48.5 Å². The Morgan fingerprint density at radius 2 is 1.56 bits per heavy atom. The molecule has 0 amide bonds. The van der Waals surface area contributed by atoms with Gasteiger partial charge in [0.2, 0.25) is 5.96 Å². The number of aromatic nitrogens is 1. The van der Waals surface area contributed by atoms with E-state index in [0.717, 1.165) is 27.7 Å². The maximum atomic E-state index is 13.5. The number of allylic oxidation sites excluding steroid dienone is 2. The van der Waals surface area contributed by atoms with Crippen LogP contribution in [0.25, 0.3) is 16.5 Å². The molecule has 5 heteroatoms. The number of hydrogen-bond donors (Lipinski definition) is 0. The summed E-state index contributed by atoms with van der Waals surface area (Å²) in [6.45, 7) is 0. The van der Waals surface area contributed by atoms with Crippen LogP contribution in [0.5, 0.6) is 0 Å². The van der Waals surface area contributed by atoms with E-state index in [0.29, 0.717) is 22.8 Å². The van der Waals surface area contributed by atoms with Crippen LogP contribution in [0.1, 0.15) is 21.5 Å². The van der Waals surface area contributed by atoms with Crippen LogP contribution in [0.3, 0.4) is 0 Å². The van der Waals surface area contributed by atoms with E-state index in [-0.39, 0.29) is 5.78 Å². The van der Waals surface area contributed by atoms with Gasteiger partial charge in [0.1, 0.15) is 11.4 Å². The number of para-hydroxylation sites is 1. The summed E-state index contributed by atoms with van der Waals surface area (Å²) >= 11 is 0. The van der Waals surface area contributed by atoms with E-state index in [2.05, 4.69) is 4.98 Å². The van der Waals surface area contributed by atoms with E-state index in [4.69, 9.17) is 9.98 Å². The van der Waals surface area contributed by atoms with E-state index in [1.165, 1.54) is 0 Å². The molecule has 1 aliphatic heterocycles. The van der Waals surface area contributed by atoms with Crippen LogP contribution in [0.2, 0.25) is 0 Å². The van der Waals surface area contributed by atoms with Gasteiger partial charge in [-0.15, -0.1) is 0 Å². The van der Waals surface area contributed by atoms with Crippen molar-refractivity contribution >= 4 is 33.9 Å². The largest absolute Gasteiger partial charge is 0.347 e. The number of pyridine rings is 1. The highest BCUT2D eigenvalue weighted by Crippen LogP contribution is 2.37. The third-order valence-electron chi connectivity index (χ3n) is 4.84. The molecule has 3 aromatic rings. The minimum atomic E-state index is -0.0403. The molecule has 2 aliphatic rings. The SMILES string of the molecule is CN(C)C1=NC2=C(c3cccc4cccnc34)C(=O)c3ccccc3C2=N1. The summed E-state index contributed by atoms with van der Waals surface area (Å²) in [6.07, 6.45) is 1.75. The van der Waals surface area contributed by atoms with Crippen LogP contribution < -0.4 is 0 Å². The first kappa shape index (κ1) is 15.6. The number of guanidine groups is 1. The number of ketones is 1. The Morgan fingerprint density at radius 1 is 0.815 bits per heavy atom. The smallest absolute Gasteiger partial charge is 0.226 e. The third-order valence-corrected chi connectivity index (χ3v) is 4.84. The zero-order valence-corrected chi connectivity index (χ0v) is 15.0. The van der Waals surface area contributed by atoms with Crippen molar-refractivity contribution in [2.24, 2.45) is 9.98 Å². The predicted octanol–water partition coefficient (Wildman–Crippen LogP) is 3.56. The second-order valence-electron chi connectivity index (χ2n) is 6.75. The molecule has 1 aromatic heterocycles. The van der Waals surface area contributed by atoms with Crippen LogP contribution in [0.15, 0.2) is 76.5 Å². The molecule has 0 fully saturated rings. The third kappa shape index (κ3) is 2.25. The highest BCUT2D eigenvalue weighted by molar-refractivity contribution is 6.44. The number of Topliss-reactive ketones (excluding diaryl/α,β-unsaturated/α-hetero) is 1. The summed E-state index contributed by atoms with van der Waals surface area (Å²) < 4.78 is 0. The van der Waals surface area contributed by atoms with Crippen LogP contribution in [-0.4, -0.2) is 41.4 Å². The van der Waals surface area contributed by atoms with Crippen molar-refractivity contribution in [2.75, 3.05) is 14.1 Å². The topological polar surface area (TPSA) is 57.9 Å². The Labute approximate surface area is 156 Å². The van der Waals surface area contributed by atoms with Crippen molar-refractivity contribution in [2.45, 2.75) is 0 Å². The van der Waals surface area contributed by atoms with Crippen LogP contribution in [0.4, 0.5) is 0 Å². The highest BCUT2D eigenvalue weighted by atomic mass is 16.1. The van der Waals surface area contributed by atoms with Gasteiger partial charge in [-0.2, -0.15) is 0 Å². The van der Waals surface area contributed by atoms with Gasteiger partial charge in [0.25, 0.3) is 0 Å². The van der Waals surface area contributed by atoms with Crippen molar-refractivity contribution in [1.29, 1.82) is 0 Å². The molecule has 5 nitrogen and oxygen atoms in total. The average molecular weight is 352 g/mol. The monoisotopic (exact) mass is 352 g/mol. The van der Waals surface area contributed by atoms with Gasteiger partial charge in [0.05, 0.1) is 11.1 Å². The minimum Gasteiger partial charge on any atom is -0.347 e. The fourth-order valence-corrected chi connectivity index (χ4v) is 3.58. The van der Waals surface area contributed by atoms with Gasteiger partial charge in [0.15, 0.2) is 5.78 Å². The summed E-state index contributed by atoms with van der Waals surface area (Å²) in [5.74, 6) is 0.552. The first-order valence-corrected chi connectivity index (χ1v) is 8.73. The van der Waals surface area contributed by atoms with Gasteiger partial charge in [-0.3, -0.25) is 9.78 Å². The van der Waals surface area contributed by atoms with Crippen molar-refractivity contribution in [1.82, 2.24) is 9.88 Å². The molecule has 0 N–H and O–H groups in total. The Hall–Kier alpha value is -3.60. The molecule has 0 bridgehead atoms. The Morgan fingerprint density at radius 3 is 2.37 bits per heavy atom. The van der Waals surface area contributed by atoms with E-state index >= 15 is 0 Å². The quantitative estimate of drug-likeness (QED) is 0.673. The van der Waals surface area contributed by atoms with Crippen molar-refractivity contribution < 1.29 is 4.79 Å². The fourth-order valence-electron chi connectivity index (χ4n) is 3.58. The van der Waals surface area contributed by atoms with Gasteiger partial charge in [0, 0.05) is 42.4 Å². The lowest BCUT2D eigenvalue weighted by molar-refractivity contribution is 0.105.